The number of carbonyl (C=O) groups excluding carboxylic acids is 2. The standard InChI is InChI=1S/C22H20Cl2N6O6S/c23-16-5-2-6-17(24)19(16)21(31)27-18-12-25-28-20(18)22(32)26-13-7-9-29(10-8-13)37(35,36)15-4-1-3-14(11-15)30(33)34/h1-6,11-13H,7-10H2,(H,25,28)(H,26,32)(H,27,31). The lowest BCUT2D eigenvalue weighted by molar-refractivity contribution is -0.385. The van der Waals surface area contributed by atoms with E-state index < -0.39 is 26.8 Å². The van der Waals surface area contributed by atoms with Crippen LogP contribution in [0.5, 0.6) is 0 Å². The molecule has 0 aliphatic carbocycles. The highest BCUT2D eigenvalue weighted by molar-refractivity contribution is 7.89. The fourth-order valence-electron chi connectivity index (χ4n) is 3.86. The number of nitrogens with one attached hydrogen (secondary N) is 3. The molecule has 4 rings (SSSR count). The second-order valence-electron chi connectivity index (χ2n) is 8.10. The molecule has 0 atom stereocenters. The Kier molecular flexibility index (Phi) is 7.78. The molecule has 1 aliphatic rings. The summed E-state index contributed by atoms with van der Waals surface area (Å²) < 4.78 is 27.1. The number of hydrogen-bond donors (Lipinski definition) is 3. The normalized spacial score (nSPS) is 14.8. The van der Waals surface area contributed by atoms with E-state index in [1.807, 2.05) is 0 Å². The van der Waals surface area contributed by atoms with E-state index in [1.165, 1.54) is 40.8 Å². The van der Waals surface area contributed by atoms with Crippen LogP contribution in [0.4, 0.5) is 11.4 Å². The number of sulfonamides is 1. The van der Waals surface area contributed by atoms with Gasteiger partial charge in [0.2, 0.25) is 10.0 Å². The van der Waals surface area contributed by atoms with Gasteiger partial charge >= 0.3 is 0 Å². The minimum absolute atomic E-state index is 0.0516. The number of nitro groups is 1. The highest BCUT2D eigenvalue weighted by Gasteiger charge is 2.31. The third-order valence-corrected chi connectivity index (χ3v) is 8.27. The van der Waals surface area contributed by atoms with Crippen LogP contribution in [0.1, 0.15) is 33.7 Å². The van der Waals surface area contributed by atoms with Gasteiger partial charge in [-0.1, -0.05) is 35.3 Å². The van der Waals surface area contributed by atoms with Gasteiger partial charge in [-0.3, -0.25) is 24.8 Å². The van der Waals surface area contributed by atoms with Crippen molar-refractivity contribution in [2.24, 2.45) is 0 Å². The Morgan fingerprint density at radius 2 is 1.73 bits per heavy atom. The van der Waals surface area contributed by atoms with E-state index in [0.717, 1.165) is 6.07 Å². The number of piperidine rings is 1. The van der Waals surface area contributed by atoms with Crippen LogP contribution in [0, 0.1) is 10.1 Å². The van der Waals surface area contributed by atoms with Crippen molar-refractivity contribution in [3.63, 3.8) is 0 Å². The maximum atomic E-state index is 12.9. The molecule has 194 valence electrons. The van der Waals surface area contributed by atoms with E-state index in [1.54, 1.807) is 6.07 Å². The Balaban J connectivity index is 1.38. The predicted molar refractivity (Wildman–Crippen MR) is 135 cm³/mol. The first-order chi connectivity index (χ1) is 17.6. The molecule has 0 spiro atoms. The molecular formula is C22H20Cl2N6O6S. The molecule has 1 aliphatic heterocycles. The van der Waals surface area contributed by atoms with Crippen molar-refractivity contribution in [1.29, 1.82) is 0 Å². The fraction of sp³-hybridized carbons (Fsp3) is 0.227. The van der Waals surface area contributed by atoms with Gasteiger partial charge < -0.3 is 10.6 Å². The van der Waals surface area contributed by atoms with Crippen LogP contribution < -0.4 is 10.6 Å². The van der Waals surface area contributed by atoms with Gasteiger partial charge in [0.1, 0.15) is 0 Å². The lowest BCUT2D eigenvalue weighted by Crippen LogP contribution is -2.46. The van der Waals surface area contributed by atoms with Crippen molar-refractivity contribution in [2.45, 2.75) is 23.8 Å². The van der Waals surface area contributed by atoms with Gasteiger partial charge in [0.05, 0.1) is 31.1 Å². The molecule has 1 saturated heterocycles. The molecule has 12 nitrogen and oxygen atoms in total. The smallest absolute Gasteiger partial charge is 0.274 e. The van der Waals surface area contributed by atoms with Crippen LogP contribution in [0.15, 0.2) is 53.6 Å². The lowest BCUT2D eigenvalue weighted by Gasteiger charge is -2.31. The molecule has 0 radical (unpaired) electrons. The van der Waals surface area contributed by atoms with Gasteiger partial charge in [-0.25, -0.2) is 8.42 Å². The van der Waals surface area contributed by atoms with Gasteiger partial charge in [-0.2, -0.15) is 9.40 Å². The molecule has 37 heavy (non-hydrogen) atoms. The van der Waals surface area contributed by atoms with Crippen molar-refractivity contribution in [1.82, 2.24) is 19.8 Å². The number of amides is 2. The van der Waals surface area contributed by atoms with Crippen LogP contribution in [-0.4, -0.2) is 58.8 Å². The number of aromatic nitrogens is 2. The van der Waals surface area contributed by atoms with E-state index >= 15 is 0 Å². The summed E-state index contributed by atoms with van der Waals surface area (Å²) in [6, 6.07) is 9.12. The quantitative estimate of drug-likeness (QED) is 0.290. The average molecular weight is 567 g/mol. The summed E-state index contributed by atoms with van der Waals surface area (Å²) in [5.41, 5.74) is -0.218. The summed E-state index contributed by atoms with van der Waals surface area (Å²) in [6.45, 7) is 0.205. The summed E-state index contributed by atoms with van der Waals surface area (Å²) in [6.07, 6.45) is 1.95. The highest BCUT2D eigenvalue weighted by atomic mass is 35.5. The van der Waals surface area contributed by atoms with Crippen molar-refractivity contribution in [3.8, 4) is 0 Å². The van der Waals surface area contributed by atoms with E-state index in [4.69, 9.17) is 23.2 Å². The first-order valence-corrected chi connectivity index (χ1v) is 13.1. The molecule has 1 fully saturated rings. The van der Waals surface area contributed by atoms with Crippen molar-refractivity contribution in [2.75, 3.05) is 18.4 Å². The number of hydrogen-bond acceptors (Lipinski definition) is 7. The second kappa shape index (κ2) is 10.8. The molecule has 15 heteroatoms. The predicted octanol–water partition coefficient (Wildman–Crippen LogP) is 3.46. The van der Waals surface area contributed by atoms with Gasteiger partial charge in [-0.15, -0.1) is 0 Å². The number of nitrogens with zero attached hydrogens (tertiary/aromatic N) is 3. The minimum atomic E-state index is -3.94. The van der Waals surface area contributed by atoms with Crippen molar-refractivity contribution in [3.05, 3.63) is 80.1 Å². The SMILES string of the molecule is O=C(NC1CCN(S(=O)(=O)c2cccc([N+](=O)[O-])c2)CC1)c1n[nH]cc1NC(=O)c1c(Cl)cccc1Cl. The Hall–Kier alpha value is -3.52. The zero-order valence-corrected chi connectivity index (χ0v) is 21.3. The maximum Gasteiger partial charge on any atom is 0.274 e. The molecule has 2 aromatic carbocycles. The summed E-state index contributed by atoms with van der Waals surface area (Å²) >= 11 is 12.2. The molecule has 3 N–H and O–H groups in total. The zero-order chi connectivity index (χ0) is 26.7. The number of non-ortho nitro benzene ring substituents is 1. The molecule has 0 saturated carbocycles. The average Bonchev–Trinajstić information content (AvgIpc) is 3.32. The monoisotopic (exact) mass is 566 g/mol. The van der Waals surface area contributed by atoms with Crippen LogP contribution in [0.25, 0.3) is 0 Å². The van der Waals surface area contributed by atoms with Crippen molar-refractivity contribution < 1.29 is 22.9 Å². The minimum Gasteiger partial charge on any atom is -0.348 e. The summed E-state index contributed by atoms with van der Waals surface area (Å²) in [5, 5.41) is 23.1. The number of H-pyrrole nitrogens is 1. The third kappa shape index (κ3) is 5.74. The number of carbonyl (C=O) groups is 2. The van der Waals surface area contributed by atoms with Gasteiger partial charge in [-0.05, 0) is 31.0 Å². The Labute approximate surface area is 221 Å². The van der Waals surface area contributed by atoms with Gasteiger partial charge in [0.15, 0.2) is 5.69 Å². The number of aromatic amines is 1. The Morgan fingerprint density at radius 1 is 1.08 bits per heavy atom. The van der Waals surface area contributed by atoms with Crippen LogP contribution in [0.2, 0.25) is 10.0 Å². The number of anilines is 1. The van der Waals surface area contributed by atoms with Crippen LogP contribution in [-0.2, 0) is 10.0 Å². The fourth-order valence-corrected chi connectivity index (χ4v) is 5.94. The zero-order valence-electron chi connectivity index (χ0n) is 19.0. The number of benzene rings is 2. The largest absolute Gasteiger partial charge is 0.348 e. The molecular weight excluding hydrogens is 547 g/mol. The highest BCUT2D eigenvalue weighted by Crippen LogP contribution is 2.27. The van der Waals surface area contributed by atoms with E-state index in [9.17, 15) is 28.1 Å². The summed E-state index contributed by atoms with van der Waals surface area (Å²) in [4.78, 5) is 35.7. The lowest BCUT2D eigenvalue weighted by atomic mass is 10.1. The molecule has 0 bridgehead atoms. The molecule has 1 aromatic heterocycles. The van der Waals surface area contributed by atoms with Crippen LogP contribution in [0.3, 0.4) is 0 Å². The second-order valence-corrected chi connectivity index (χ2v) is 10.9. The Bertz CT molecular complexity index is 1450. The first kappa shape index (κ1) is 26.5. The molecule has 0 unspecified atom stereocenters. The van der Waals surface area contributed by atoms with Gasteiger partial charge in [0, 0.05) is 37.5 Å². The number of rotatable bonds is 7. The summed E-state index contributed by atoms with van der Waals surface area (Å²) in [5.74, 6) is -1.19. The number of halogens is 2. The number of nitro benzene ring substituents is 1. The topological polar surface area (TPSA) is 167 Å². The van der Waals surface area contributed by atoms with Crippen molar-refractivity contribution >= 4 is 56.4 Å². The first-order valence-electron chi connectivity index (χ1n) is 10.9. The Morgan fingerprint density at radius 3 is 2.38 bits per heavy atom. The molecule has 2 amide bonds. The third-order valence-electron chi connectivity index (χ3n) is 5.75. The molecule has 3 aromatic rings. The van der Waals surface area contributed by atoms with Crippen LogP contribution >= 0.6 is 23.2 Å². The van der Waals surface area contributed by atoms with E-state index in [0.29, 0.717) is 12.8 Å². The summed E-state index contributed by atoms with van der Waals surface area (Å²) in [7, 11) is -3.94. The van der Waals surface area contributed by atoms with Gasteiger partial charge in [0.25, 0.3) is 17.5 Å². The van der Waals surface area contributed by atoms with E-state index in [2.05, 4.69) is 20.8 Å². The maximum absolute atomic E-state index is 12.9. The molecule has 2 heterocycles. The van der Waals surface area contributed by atoms with E-state index in [-0.39, 0.29) is 56.7 Å².